The molecule has 1 aromatic carbocycles. The maximum Gasteiger partial charge on any atom is 0.252 e. The van der Waals surface area contributed by atoms with Crippen molar-refractivity contribution in [2.75, 3.05) is 6.54 Å². The number of amides is 2. The molecule has 0 spiro atoms. The van der Waals surface area contributed by atoms with Gasteiger partial charge in [0.25, 0.3) is 5.91 Å². The molecule has 4 nitrogen and oxygen atoms in total. The minimum Gasteiger partial charge on any atom is -0.352 e. The van der Waals surface area contributed by atoms with Gasteiger partial charge in [0.1, 0.15) is 0 Å². The predicted octanol–water partition coefficient (Wildman–Crippen LogP) is 2.47. The van der Waals surface area contributed by atoms with Crippen molar-refractivity contribution < 1.29 is 9.59 Å². The zero-order valence-corrected chi connectivity index (χ0v) is 13.5. The van der Waals surface area contributed by atoms with Crippen molar-refractivity contribution in [1.29, 1.82) is 0 Å². The first-order valence-corrected chi connectivity index (χ1v) is 8.07. The first kappa shape index (κ1) is 15.3. The number of rotatable bonds is 4. The first-order chi connectivity index (χ1) is 9.66. The average molecular weight is 386 g/mol. The quantitative estimate of drug-likeness (QED) is 0.782. The van der Waals surface area contributed by atoms with Crippen LogP contribution < -0.4 is 10.6 Å². The Hall–Kier alpha value is -1.11. The van der Waals surface area contributed by atoms with E-state index in [0.29, 0.717) is 5.56 Å². The van der Waals surface area contributed by atoms with Gasteiger partial charge in [-0.25, -0.2) is 0 Å². The van der Waals surface area contributed by atoms with Crippen molar-refractivity contribution in [3.05, 3.63) is 33.4 Å². The summed E-state index contributed by atoms with van der Waals surface area (Å²) < 4.78 is 0.885. The van der Waals surface area contributed by atoms with Crippen LogP contribution in [0.2, 0.25) is 0 Å². The van der Waals surface area contributed by atoms with Crippen molar-refractivity contribution in [3.8, 4) is 0 Å². The van der Waals surface area contributed by atoms with Crippen molar-refractivity contribution in [3.63, 3.8) is 0 Å². The Morgan fingerprint density at radius 1 is 1.15 bits per heavy atom. The highest BCUT2D eigenvalue weighted by Crippen LogP contribution is 2.17. The zero-order valence-electron chi connectivity index (χ0n) is 11.3. The Labute approximate surface area is 132 Å². The van der Waals surface area contributed by atoms with Crippen LogP contribution in [0.15, 0.2) is 24.3 Å². The molecule has 0 radical (unpaired) electrons. The molecule has 1 aromatic rings. The Balaban J connectivity index is 1.78. The third-order valence-electron chi connectivity index (χ3n) is 3.50. The van der Waals surface area contributed by atoms with Gasteiger partial charge in [-0.15, -0.1) is 0 Å². The highest BCUT2D eigenvalue weighted by Gasteiger charge is 2.16. The number of hydrogen-bond acceptors (Lipinski definition) is 2. The van der Waals surface area contributed by atoms with E-state index in [1.54, 1.807) is 6.07 Å². The standard InChI is InChI=1S/C15H19IN2O2/c16-13-9-5-4-8-12(13)15(20)17-10-14(19)18-11-6-2-1-3-7-11/h4-5,8-9,11H,1-3,6-7,10H2,(H,17,20)(H,18,19). The number of nitrogens with one attached hydrogen (secondary N) is 2. The van der Waals surface area contributed by atoms with Crippen LogP contribution >= 0.6 is 22.6 Å². The molecule has 2 rings (SSSR count). The number of carbonyl (C=O) groups excluding carboxylic acids is 2. The van der Waals surface area contributed by atoms with E-state index in [1.807, 2.05) is 18.2 Å². The van der Waals surface area contributed by atoms with Gasteiger partial charge in [-0.1, -0.05) is 31.4 Å². The highest BCUT2D eigenvalue weighted by molar-refractivity contribution is 14.1. The third kappa shape index (κ3) is 4.47. The Morgan fingerprint density at radius 3 is 2.55 bits per heavy atom. The van der Waals surface area contributed by atoms with E-state index in [1.165, 1.54) is 19.3 Å². The second-order valence-corrected chi connectivity index (χ2v) is 6.23. The lowest BCUT2D eigenvalue weighted by Gasteiger charge is -2.22. The van der Waals surface area contributed by atoms with Crippen LogP contribution in [0.3, 0.4) is 0 Å². The van der Waals surface area contributed by atoms with Crippen molar-refractivity contribution in [2.24, 2.45) is 0 Å². The summed E-state index contributed by atoms with van der Waals surface area (Å²) in [4.78, 5) is 23.8. The lowest BCUT2D eigenvalue weighted by Crippen LogP contribution is -2.42. The van der Waals surface area contributed by atoms with Crippen molar-refractivity contribution >= 4 is 34.4 Å². The lowest BCUT2D eigenvalue weighted by atomic mass is 9.95. The molecule has 0 saturated heterocycles. The molecule has 0 heterocycles. The maximum atomic E-state index is 12.0. The summed E-state index contributed by atoms with van der Waals surface area (Å²) in [6, 6.07) is 7.62. The van der Waals surface area contributed by atoms with E-state index in [0.717, 1.165) is 16.4 Å². The van der Waals surface area contributed by atoms with Gasteiger partial charge < -0.3 is 10.6 Å². The van der Waals surface area contributed by atoms with Gasteiger partial charge in [-0.3, -0.25) is 9.59 Å². The minimum atomic E-state index is -0.200. The van der Waals surface area contributed by atoms with E-state index in [9.17, 15) is 9.59 Å². The molecule has 2 N–H and O–H groups in total. The van der Waals surface area contributed by atoms with Crippen molar-refractivity contribution in [1.82, 2.24) is 10.6 Å². The van der Waals surface area contributed by atoms with E-state index in [2.05, 4.69) is 33.2 Å². The minimum absolute atomic E-state index is 0.0420. The molecule has 2 amide bonds. The molecule has 0 aromatic heterocycles. The van der Waals surface area contributed by atoms with Crippen LogP contribution in [-0.2, 0) is 4.79 Å². The Bertz CT molecular complexity index is 485. The molecule has 5 heteroatoms. The number of halogens is 1. The monoisotopic (exact) mass is 386 g/mol. The molecule has 1 aliphatic rings. The summed E-state index contributed by atoms with van der Waals surface area (Å²) in [7, 11) is 0. The van der Waals surface area contributed by atoms with E-state index >= 15 is 0 Å². The summed E-state index contributed by atoms with van der Waals surface area (Å²) in [5, 5.41) is 5.66. The van der Waals surface area contributed by atoms with Gasteiger partial charge in [-0.2, -0.15) is 0 Å². The molecular weight excluding hydrogens is 367 g/mol. The van der Waals surface area contributed by atoms with Gasteiger partial charge in [0.15, 0.2) is 0 Å². The summed E-state index contributed by atoms with van der Waals surface area (Å²) in [6.07, 6.45) is 5.72. The van der Waals surface area contributed by atoms with Gasteiger partial charge in [0.2, 0.25) is 5.91 Å². The van der Waals surface area contributed by atoms with Crippen LogP contribution in [0.5, 0.6) is 0 Å². The first-order valence-electron chi connectivity index (χ1n) is 6.99. The average Bonchev–Trinajstić information content (AvgIpc) is 2.46. The lowest BCUT2D eigenvalue weighted by molar-refractivity contribution is -0.121. The van der Waals surface area contributed by atoms with E-state index < -0.39 is 0 Å². The molecule has 108 valence electrons. The van der Waals surface area contributed by atoms with E-state index in [-0.39, 0.29) is 24.4 Å². The molecule has 0 bridgehead atoms. The van der Waals surface area contributed by atoms with Crippen LogP contribution in [0.25, 0.3) is 0 Å². The zero-order chi connectivity index (χ0) is 14.4. The Morgan fingerprint density at radius 2 is 1.85 bits per heavy atom. The second-order valence-electron chi connectivity index (χ2n) is 5.06. The van der Waals surface area contributed by atoms with Gasteiger partial charge in [0.05, 0.1) is 12.1 Å². The molecule has 0 atom stereocenters. The fourth-order valence-electron chi connectivity index (χ4n) is 2.43. The molecular formula is C15H19IN2O2. The molecule has 1 aliphatic carbocycles. The summed E-state index contributed by atoms with van der Waals surface area (Å²) in [5.41, 5.74) is 0.610. The fourth-order valence-corrected chi connectivity index (χ4v) is 3.06. The Kier molecular flexibility index (Phi) is 5.82. The van der Waals surface area contributed by atoms with Crippen LogP contribution in [0, 0.1) is 3.57 Å². The normalized spacial score (nSPS) is 15.7. The molecule has 0 unspecified atom stereocenters. The molecule has 1 fully saturated rings. The molecule has 1 saturated carbocycles. The van der Waals surface area contributed by atoms with Crippen LogP contribution in [-0.4, -0.2) is 24.4 Å². The van der Waals surface area contributed by atoms with Crippen LogP contribution in [0.4, 0.5) is 0 Å². The maximum absolute atomic E-state index is 12.0. The largest absolute Gasteiger partial charge is 0.352 e. The topological polar surface area (TPSA) is 58.2 Å². The predicted molar refractivity (Wildman–Crippen MR) is 86.5 cm³/mol. The summed E-state index contributed by atoms with van der Waals surface area (Å²) in [6.45, 7) is 0.0420. The SMILES string of the molecule is O=C(CNC(=O)c1ccccc1I)NC1CCCCC1. The molecule has 20 heavy (non-hydrogen) atoms. The van der Waals surface area contributed by atoms with Gasteiger partial charge in [0, 0.05) is 9.61 Å². The van der Waals surface area contributed by atoms with Crippen molar-refractivity contribution in [2.45, 2.75) is 38.1 Å². The number of benzene rings is 1. The van der Waals surface area contributed by atoms with Gasteiger partial charge in [-0.05, 0) is 47.6 Å². The van der Waals surface area contributed by atoms with Crippen LogP contribution in [0.1, 0.15) is 42.5 Å². The number of carbonyl (C=O) groups is 2. The second kappa shape index (κ2) is 7.61. The van der Waals surface area contributed by atoms with E-state index in [4.69, 9.17) is 0 Å². The third-order valence-corrected chi connectivity index (χ3v) is 4.44. The summed E-state index contributed by atoms with van der Waals surface area (Å²) >= 11 is 2.12. The number of hydrogen-bond donors (Lipinski definition) is 2. The summed E-state index contributed by atoms with van der Waals surface area (Å²) in [5.74, 6) is -0.301. The smallest absolute Gasteiger partial charge is 0.252 e. The van der Waals surface area contributed by atoms with Gasteiger partial charge >= 0.3 is 0 Å². The fraction of sp³-hybridized carbons (Fsp3) is 0.467. The molecule has 0 aliphatic heterocycles. The highest BCUT2D eigenvalue weighted by atomic mass is 127.